The van der Waals surface area contributed by atoms with Gasteiger partial charge in [0.1, 0.15) is 5.75 Å². The average Bonchev–Trinajstić information content (AvgIpc) is 2.44. The molecule has 0 aliphatic carbocycles. The summed E-state index contributed by atoms with van der Waals surface area (Å²) in [6.07, 6.45) is 3.44. The van der Waals surface area contributed by atoms with Crippen molar-refractivity contribution in [1.29, 1.82) is 0 Å². The fourth-order valence-electron chi connectivity index (χ4n) is 1.75. The zero-order valence-corrected chi connectivity index (χ0v) is 12.3. The topological polar surface area (TPSA) is 30.5 Å². The van der Waals surface area contributed by atoms with Gasteiger partial charge in [-0.1, -0.05) is 25.5 Å². The van der Waals surface area contributed by atoms with Crippen molar-refractivity contribution in [2.24, 2.45) is 0 Å². The molecular formula is C16H27NO2. The van der Waals surface area contributed by atoms with Gasteiger partial charge < -0.3 is 14.8 Å². The fraction of sp³-hybridized carbons (Fsp3) is 0.625. The standard InChI is InChI=1S/C16H27NO2/c1-3-5-12-18-13-6-11-17-14-15-7-9-16(10-8-15)19-4-2/h7-10,17H,3-6,11-14H2,1-2H3. The third-order valence-corrected chi connectivity index (χ3v) is 2.85. The second-order valence-electron chi connectivity index (χ2n) is 4.57. The van der Waals surface area contributed by atoms with E-state index in [0.29, 0.717) is 0 Å². The van der Waals surface area contributed by atoms with Crippen LogP contribution in [-0.2, 0) is 11.3 Å². The van der Waals surface area contributed by atoms with Crippen LogP contribution >= 0.6 is 0 Å². The summed E-state index contributed by atoms with van der Waals surface area (Å²) >= 11 is 0. The molecule has 1 aromatic rings. The number of hydrogen-bond acceptors (Lipinski definition) is 3. The van der Waals surface area contributed by atoms with Crippen LogP contribution in [0.2, 0.25) is 0 Å². The van der Waals surface area contributed by atoms with Crippen molar-refractivity contribution in [3.05, 3.63) is 29.8 Å². The molecule has 0 aliphatic heterocycles. The molecule has 0 aromatic heterocycles. The fourth-order valence-corrected chi connectivity index (χ4v) is 1.75. The minimum Gasteiger partial charge on any atom is -0.494 e. The van der Waals surface area contributed by atoms with Crippen LogP contribution in [-0.4, -0.2) is 26.4 Å². The Morgan fingerprint density at radius 1 is 1.00 bits per heavy atom. The molecular weight excluding hydrogens is 238 g/mol. The first-order valence-electron chi connectivity index (χ1n) is 7.37. The highest BCUT2D eigenvalue weighted by molar-refractivity contribution is 5.27. The molecule has 0 heterocycles. The van der Waals surface area contributed by atoms with Crippen LogP contribution < -0.4 is 10.1 Å². The summed E-state index contributed by atoms with van der Waals surface area (Å²) in [4.78, 5) is 0. The monoisotopic (exact) mass is 265 g/mol. The molecule has 3 heteroatoms. The van der Waals surface area contributed by atoms with Crippen LogP contribution in [0.5, 0.6) is 5.75 Å². The largest absolute Gasteiger partial charge is 0.494 e. The van der Waals surface area contributed by atoms with Crippen LogP contribution in [0, 0.1) is 0 Å². The molecule has 0 unspecified atom stereocenters. The molecule has 19 heavy (non-hydrogen) atoms. The first kappa shape index (κ1) is 16.0. The van der Waals surface area contributed by atoms with E-state index >= 15 is 0 Å². The van der Waals surface area contributed by atoms with Gasteiger partial charge in [0, 0.05) is 19.8 Å². The molecule has 0 fully saturated rings. The molecule has 0 saturated heterocycles. The first-order chi connectivity index (χ1) is 9.36. The Morgan fingerprint density at radius 3 is 2.42 bits per heavy atom. The van der Waals surface area contributed by atoms with E-state index in [0.717, 1.165) is 45.1 Å². The zero-order valence-electron chi connectivity index (χ0n) is 12.3. The van der Waals surface area contributed by atoms with E-state index < -0.39 is 0 Å². The lowest BCUT2D eigenvalue weighted by molar-refractivity contribution is 0.129. The van der Waals surface area contributed by atoms with Crippen LogP contribution in [0.15, 0.2) is 24.3 Å². The van der Waals surface area contributed by atoms with Crippen molar-refractivity contribution < 1.29 is 9.47 Å². The van der Waals surface area contributed by atoms with Gasteiger partial charge in [-0.05, 0) is 44.0 Å². The predicted octanol–water partition coefficient (Wildman–Crippen LogP) is 3.38. The number of rotatable bonds is 11. The van der Waals surface area contributed by atoms with Gasteiger partial charge in [-0.2, -0.15) is 0 Å². The van der Waals surface area contributed by atoms with Crippen LogP contribution in [0.1, 0.15) is 38.7 Å². The van der Waals surface area contributed by atoms with E-state index in [4.69, 9.17) is 9.47 Å². The van der Waals surface area contributed by atoms with Crippen molar-refractivity contribution in [2.45, 2.75) is 39.7 Å². The number of ether oxygens (including phenoxy) is 2. The third-order valence-electron chi connectivity index (χ3n) is 2.85. The molecule has 1 N–H and O–H groups in total. The Kier molecular flexibility index (Phi) is 9.11. The SMILES string of the molecule is CCCCOCCCNCc1ccc(OCC)cc1. The van der Waals surface area contributed by atoms with Crippen molar-refractivity contribution in [2.75, 3.05) is 26.4 Å². The molecule has 108 valence electrons. The lowest BCUT2D eigenvalue weighted by atomic mass is 10.2. The van der Waals surface area contributed by atoms with Gasteiger partial charge in [0.05, 0.1) is 6.61 Å². The lowest BCUT2D eigenvalue weighted by Crippen LogP contribution is -2.16. The van der Waals surface area contributed by atoms with E-state index in [1.807, 2.05) is 19.1 Å². The van der Waals surface area contributed by atoms with Gasteiger partial charge in [0.15, 0.2) is 0 Å². The second-order valence-corrected chi connectivity index (χ2v) is 4.57. The van der Waals surface area contributed by atoms with E-state index in [1.165, 1.54) is 18.4 Å². The minimum atomic E-state index is 0.718. The zero-order chi connectivity index (χ0) is 13.8. The Hall–Kier alpha value is -1.06. The summed E-state index contributed by atoms with van der Waals surface area (Å²) in [6.45, 7) is 8.56. The maximum atomic E-state index is 5.51. The Bertz CT molecular complexity index is 311. The summed E-state index contributed by atoms with van der Waals surface area (Å²) in [5, 5.41) is 3.42. The van der Waals surface area contributed by atoms with E-state index in [2.05, 4.69) is 24.4 Å². The van der Waals surface area contributed by atoms with E-state index in [-0.39, 0.29) is 0 Å². The summed E-state index contributed by atoms with van der Waals surface area (Å²) in [5.41, 5.74) is 1.29. The van der Waals surface area contributed by atoms with Gasteiger partial charge in [-0.15, -0.1) is 0 Å². The maximum absolute atomic E-state index is 5.51. The van der Waals surface area contributed by atoms with Crippen LogP contribution in [0.25, 0.3) is 0 Å². The summed E-state index contributed by atoms with van der Waals surface area (Å²) in [7, 11) is 0. The Balaban J connectivity index is 2.02. The normalized spacial score (nSPS) is 10.6. The lowest BCUT2D eigenvalue weighted by Gasteiger charge is -2.07. The number of hydrogen-bond donors (Lipinski definition) is 1. The van der Waals surface area contributed by atoms with Crippen LogP contribution in [0.4, 0.5) is 0 Å². The van der Waals surface area contributed by atoms with Gasteiger partial charge in [-0.25, -0.2) is 0 Å². The average molecular weight is 265 g/mol. The van der Waals surface area contributed by atoms with Crippen molar-refractivity contribution in [1.82, 2.24) is 5.32 Å². The molecule has 0 spiro atoms. The number of nitrogens with one attached hydrogen (secondary N) is 1. The molecule has 1 aromatic carbocycles. The van der Waals surface area contributed by atoms with Gasteiger partial charge >= 0.3 is 0 Å². The highest BCUT2D eigenvalue weighted by Gasteiger charge is 1.95. The first-order valence-corrected chi connectivity index (χ1v) is 7.37. The van der Waals surface area contributed by atoms with Gasteiger partial charge in [-0.3, -0.25) is 0 Å². The van der Waals surface area contributed by atoms with Crippen LogP contribution in [0.3, 0.4) is 0 Å². The van der Waals surface area contributed by atoms with E-state index in [9.17, 15) is 0 Å². The number of unbranched alkanes of at least 4 members (excludes halogenated alkanes) is 1. The molecule has 3 nitrogen and oxygen atoms in total. The smallest absolute Gasteiger partial charge is 0.119 e. The summed E-state index contributed by atoms with van der Waals surface area (Å²) in [5.74, 6) is 0.940. The third kappa shape index (κ3) is 7.85. The molecule has 0 radical (unpaired) electrons. The van der Waals surface area contributed by atoms with Gasteiger partial charge in [0.25, 0.3) is 0 Å². The molecule has 0 atom stereocenters. The van der Waals surface area contributed by atoms with Crippen molar-refractivity contribution in [3.63, 3.8) is 0 Å². The van der Waals surface area contributed by atoms with E-state index in [1.54, 1.807) is 0 Å². The molecule has 0 bridgehead atoms. The molecule has 0 amide bonds. The minimum absolute atomic E-state index is 0.718. The predicted molar refractivity (Wildman–Crippen MR) is 79.7 cm³/mol. The number of benzene rings is 1. The highest BCUT2D eigenvalue weighted by atomic mass is 16.5. The molecule has 0 aliphatic rings. The van der Waals surface area contributed by atoms with Crippen molar-refractivity contribution >= 4 is 0 Å². The maximum Gasteiger partial charge on any atom is 0.119 e. The molecule has 0 saturated carbocycles. The second kappa shape index (κ2) is 10.8. The quantitative estimate of drug-likeness (QED) is 0.622. The van der Waals surface area contributed by atoms with Gasteiger partial charge in [0.2, 0.25) is 0 Å². The Morgan fingerprint density at radius 2 is 1.74 bits per heavy atom. The van der Waals surface area contributed by atoms with Crippen molar-refractivity contribution in [3.8, 4) is 5.75 Å². The summed E-state index contributed by atoms with van der Waals surface area (Å²) < 4.78 is 10.9. The summed E-state index contributed by atoms with van der Waals surface area (Å²) in [6, 6.07) is 8.26. The Labute approximate surface area is 117 Å². The molecule has 1 rings (SSSR count). The highest BCUT2D eigenvalue weighted by Crippen LogP contribution is 2.11.